The van der Waals surface area contributed by atoms with Crippen LogP contribution < -0.4 is 16.8 Å². The molecule has 4 unspecified atom stereocenters. The number of nitriles is 2. The van der Waals surface area contributed by atoms with Crippen LogP contribution in [0, 0.1) is 46.3 Å². The van der Waals surface area contributed by atoms with E-state index in [0.717, 1.165) is 26.7 Å². The largest absolute Gasteiger partial charge is 0.400 e. The van der Waals surface area contributed by atoms with Crippen molar-refractivity contribution in [3.05, 3.63) is 35.9 Å². The van der Waals surface area contributed by atoms with Gasteiger partial charge < -0.3 is 21.9 Å². The molecule has 2 amide bonds. The van der Waals surface area contributed by atoms with Crippen molar-refractivity contribution in [1.29, 1.82) is 10.5 Å². The zero-order chi connectivity index (χ0) is 23.2. The lowest BCUT2D eigenvalue weighted by Crippen LogP contribution is -2.44. The van der Waals surface area contributed by atoms with Crippen LogP contribution in [0.2, 0.25) is 0 Å². The number of piperidine rings is 2. The summed E-state index contributed by atoms with van der Waals surface area (Å²) in [7, 11) is 1.00. The van der Waals surface area contributed by atoms with Crippen LogP contribution in [-0.2, 0) is 16.1 Å². The van der Waals surface area contributed by atoms with Crippen LogP contribution in [0.5, 0.6) is 0 Å². The third kappa shape index (κ3) is 9.03. The molecule has 0 aliphatic carbocycles. The number of nitrogens with one attached hydrogen (secondary N) is 1. The Kier molecular flexibility index (Phi) is 14.3. The number of amides is 2. The maximum atomic E-state index is 11.2. The van der Waals surface area contributed by atoms with Crippen molar-refractivity contribution in [2.45, 2.75) is 26.8 Å². The molecule has 0 radical (unpaired) electrons. The molecule has 1 aromatic rings. The van der Waals surface area contributed by atoms with Gasteiger partial charge in [0.25, 0.3) is 0 Å². The molecule has 0 saturated carbocycles. The molecule has 0 aromatic heterocycles. The second-order valence-electron chi connectivity index (χ2n) is 7.49. The summed E-state index contributed by atoms with van der Waals surface area (Å²) < 4.78 is 0. The molecule has 0 bridgehead atoms. The molecule has 2 aliphatic heterocycles. The van der Waals surface area contributed by atoms with E-state index < -0.39 is 0 Å². The molecule has 32 heavy (non-hydrogen) atoms. The standard InChI is InChI=1S/C14H17N3O.C7H11N3O.CH4O.CH4/c15-8-12-10-17(7-6-13(12)14(16)18)9-11-4-2-1-3-5-11;8-3-5-4-10-2-1-6(5)7(9)11;1-2;/h1-5,12-13H,6-7,9-10H2,(H2,16,18);5-6,10H,1-2,4H2,(H2,9,11);2H,1H3;1H4. The summed E-state index contributed by atoms with van der Waals surface area (Å²) in [6.07, 6.45) is 1.37. The minimum atomic E-state index is -0.349. The summed E-state index contributed by atoms with van der Waals surface area (Å²) in [5.74, 6) is -1.75. The minimum Gasteiger partial charge on any atom is -0.400 e. The van der Waals surface area contributed by atoms with Crippen LogP contribution in [0.25, 0.3) is 0 Å². The molecular weight excluding hydrogens is 408 g/mol. The SMILES string of the molecule is C.CO.N#CC1CN(Cc2ccccc2)CCC1C(N)=O.N#CC1CNCCC1C(N)=O. The first kappa shape index (κ1) is 29.0. The fraction of sp³-hybridized carbons (Fsp3) is 0.565. The molecule has 2 fully saturated rings. The maximum Gasteiger partial charge on any atom is 0.221 e. The number of carbonyl (C=O) groups is 2. The number of aliphatic hydroxyl groups is 1. The number of primary amides is 2. The first-order valence-electron chi connectivity index (χ1n) is 10.3. The van der Waals surface area contributed by atoms with Crippen LogP contribution >= 0.6 is 0 Å². The number of aliphatic hydroxyl groups excluding tert-OH is 1. The van der Waals surface area contributed by atoms with Crippen LogP contribution in [-0.4, -0.2) is 55.1 Å². The summed E-state index contributed by atoms with van der Waals surface area (Å²) >= 11 is 0. The van der Waals surface area contributed by atoms with Crippen LogP contribution in [0.1, 0.15) is 25.8 Å². The van der Waals surface area contributed by atoms with Gasteiger partial charge in [0, 0.05) is 26.7 Å². The quantitative estimate of drug-likeness (QED) is 0.527. The van der Waals surface area contributed by atoms with Gasteiger partial charge in [0.15, 0.2) is 0 Å². The van der Waals surface area contributed by atoms with E-state index in [4.69, 9.17) is 27.1 Å². The van der Waals surface area contributed by atoms with Gasteiger partial charge >= 0.3 is 0 Å². The van der Waals surface area contributed by atoms with Crippen molar-refractivity contribution in [1.82, 2.24) is 10.2 Å². The maximum absolute atomic E-state index is 11.2. The lowest BCUT2D eigenvalue weighted by molar-refractivity contribution is -0.124. The lowest BCUT2D eigenvalue weighted by atomic mass is 9.86. The first-order valence-corrected chi connectivity index (χ1v) is 10.3. The van der Waals surface area contributed by atoms with E-state index in [2.05, 4.69) is 34.5 Å². The fourth-order valence-corrected chi connectivity index (χ4v) is 3.81. The normalized spacial score (nSPS) is 24.5. The molecule has 9 nitrogen and oxygen atoms in total. The number of hydrogen-bond acceptors (Lipinski definition) is 7. The topological polar surface area (TPSA) is 169 Å². The van der Waals surface area contributed by atoms with E-state index >= 15 is 0 Å². The number of benzene rings is 1. The molecular formula is C23H36N6O3. The Bertz CT molecular complexity index is 774. The van der Waals surface area contributed by atoms with E-state index in [-0.39, 0.29) is 42.9 Å². The van der Waals surface area contributed by atoms with Gasteiger partial charge in [-0.3, -0.25) is 14.5 Å². The van der Waals surface area contributed by atoms with E-state index in [1.165, 1.54) is 5.56 Å². The van der Waals surface area contributed by atoms with Gasteiger partial charge in [-0.15, -0.1) is 0 Å². The molecule has 1 aromatic carbocycles. The van der Waals surface area contributed by atoms with Gasteiger partial charge in [-0.25, -0.2) is 0 Å². The molecule has 2 heterocycles. The Labute approximate surface area is 191 Å². The summed E-state index contributed by atoms with van der Waals surface area (Å²) in [5.41, 5.74) is 11.7. The molecule has 2 aliphatic rings. The molecule has 2 saturated heterocycles. The summed E-state index contributed by atoms with van der Waals surface area (Å²) in [6, 6.07) is 14.4. The monoisotopic (exact) mass is 444 g/mol. The van der Waals surface area contributed by atoms with Crippen molar-refractivity contribution in [3.63, 3.8) is 0 Å². The molecule has 6 N–H and O–H groups in total. The Morgan fingerprint density at radius 1 is 1.06 bits per heavy atom. The number of rotatable bonds is 4. The van der Waals surface area contributed by atoms with Gasteiger partial charge in [0.2, 0.25) is 11.8 Å². The van der Waals surface area contributed by atoms with Crippen LogP contribution in [0.15, 0.2) is 30.3 Å². The number of carbonyl (C=O) groups excluding carboxylic acids is 2. The highest BCUT2D eigenvalue weighted by Gasteiger charge is 2.32. The number of nitrogens with two attached hydrogens (primary N) is 2. The zero-order valence-corrected chi connectivity index (χ0v) is 17.9. The minimum absolute atomic E-state index is 0. The van der Waals surface area contributed by atoms with Gasteiger partial charge in [0.1, 0.15) is 0 Å². The molecule has 0 spiro atoms. The predicted octanol–water partition coefficient (Wildman–Crippen LogP) is 0.599. The Balaban J connectivity index is 0.000000593. The van der Waals surface area contributed by atoms with E-state index in [1.54, 1.807) is 0 Å². The highest BCUT2D eigenvalue weighted by atomic mass is 16.2. The van der Waals surface area contributed by atoms with Crippen molar-refractivity contribution < 1.29 is 14.7 Å². The lowest BCUT2D eigenvalue weighted by Gasteiger charge is -2.33. The third-order valence-corrected chi connectivity index (χ3v) is 5.49. The average Bonchev–Trinajstić information content (AvgIpc) is 2.81. The Morgan fingerprint density at radius 2 is 1.62 bits per heavy atom. The van der Waals surface area contributed by atoms with Crippen molar-refractivity contribution >= 4 is 11.8 Å². The fourth-order valence-electron chi connectivity index (χ4n) is 3.81. The summed E-state index contributed by atoms with van der Waals surface area (Å²) in [6.45, 7) is 3.64. The average molecular weight is 445 g/mol. The van der Waals surface area contributed by atoms with Gasteiger partial charge in [0.05, 0.1) is 35.8 Å². The summed E-state index contributed by atoms with van der Waals surface area (Å²) in [5, 5.41) is 27.8. The predicted molar refractivity (Wildman–Crippen MR) is 122 cm³/mol. The number of likely N-dealkylation sites (tertiary alicyclic amines) is 1. The highest BCUT2D eigenvalue weighted by molar-refractivity contribution is 5.78. The van der Waals surface area contributed by atoms with Gasteiger partial charge in [-0.1, -0.05) is 37.8 Å². The molecule has 4 atom stereocenters. The van der Waals surface area contributed by atoms with E-state index in [9.17, 15) is 9.59 Å². The zero-order valence-electron chi connectivity index (χ0n) is 17.9. The smallest absolute Gasteiger partial charge is 0.221 e. The first-order chi connectivity index (χ1) is 15.0. The van der Waals surface area contributed by atoms with Crippen LogP contribution in [0.4, 0.5) is 0 Å². The molecule has 3 rings (SSSR count). The molecule has 9 heteroatoms. The second-order valence-corrected chi connectivity index (χ2v) is 7.49. The number of hydrogen-bond donors (Lipinski definition) is 4. The van der Waals surface area contributed by atoms with Gasteiger partial charge in [-0.05, 0) is 31.5 Å². The third-order valence-electron chi connectivity index (χ3n) is 5.49. The second kappa shape index (κ2) is 15.8. The van der Waals surface area contributed by atoms with Crippen molar-refractivity contribution in [2.24, 2.45) is 35.1 Å². The van der Waals surface area contributed by atoms with Crippen molar-refractivity contribution in [2.75, 3.05) is 33.3 Å². The molecule has 176 valence electrons. The van der Waals surface area contributed by atoms with Gasteiger partial charge in [-0.2, -0.15) is 10.5 Å². The van der Waals surface area contributed by atoms with Crippen molar-refractivity contribution in [3.8, 4) is 12.1 Å². The summed E-state index contributed by atoms with van der Waals surface area (Å²) in [4.78, 5) is 24.2. The van der Waals surface area contributed by atoms with E-state index in [1.807, 2.05) is 18.2 Å². The number of nitrogens with zero attached hydrogens (tertiary/aromatic N) is 3. The van der Waals surface area contributed by atoms with E-state index in [0.29, 0.717) is 25.9 Å². The van der Waals surface area contributed by atoms with Crippen LogP contribution in [0.3, 0.4) is 0 Å². The Morgan fingerprint density at radius 3 is 2.12 bits per heavy atom. The Hall–Kier alpha value is -2.98. The highest BCUT2D eigenvalue weighted by Crippen LogP contribution is 2.24.